The van der Waals surface area contributed by atoms with Crippen LogP contribution in [0.1, 0.15) is 26.3 Å². The molecule has 2 N–H and O–H groups in total. The molecule has 0 atom stereocenters. The Morgan fingerprint density at radius 2 is 1.69 bits per heavy atom. The number of halogens is 1. The van der Waals surface area contributed by atoms with Gasteiger partial charge in [-0.15, -0.1) is 0 Å². The molecule has 0 saturated heterocycles. The van der Waals surface area contributed by atoms with Crippen molar-refractivity contribution in [1.29, 1.82) is 0 Å². The molecule has 0 bridgehead atoms. The molecule has 0 aliphatic heterocycles. The minimum Gasteiger partial charge on any atom is -0.338 e. The monoisotopic (exact) mass is 242 g/mol. The number of nitrogens with two attached hydrogens (primary N) is 1. The molecule has 13 heavy (non-hydrogen) atoms. The van der Waals surface area contributed by atoms with E-state index < -0.39 is 0 Å². The van der Waals surface area contributed by atoms with Crippen LogP contribution < -0.4 is 5.32 Å². The van der Waals surface area contributed by atoms with Crippen LogP contribution in [0.4, 0.5) is 0 Å². The maximum atomic E-state index is 3.43. The number of benzene rings is 1. The topological polar surface area (TPSA) is 16.6 Å². The first kappa shape index (κ1) is 10.7. The van der Waals surface area contributed by atoms with Gasteiger partial charge in [-0.2, -0.15) is 0 Å². The molecule has 2 heteroatoms. The van der Waals surface area contributed by atoms with Gasteiger partial charge in [0.15, 0.2) is 0 Å². The summed E-state index contributed by atoms with van der Waals surface area (Å²) in [7, 11) is 0. The van der Waals surface area contributed by atoms with Gasteiger partial charge in [0.1, 0.15) is 6.54 Å². The lowest BCUT2D eigenvalue weighted by Gasteiger charge is -2.16. The molecule has 1 nitrogen and oxygen atoms in total. The maximum absolute atomic E-state index is 3.43. The minimum atomic E-state index is 0.313. The summed E-state index contributed by atoms with van der Waals surface area (Å²) < 4.78 is 1.15. The second-order valence-corrected chi connectivity index (χ2v) is 5.32. The van der Waals surface area contributed by atoms with E-state index in [2.05, 4.69) is 66.3 Å². The molecule has 0 fully saturated rings. The highest BCUT2D eigenvalue weighted by Gasteiger charge is 2.12. The van der Waals surface area contributed by atoms with Gasteiger partial charge in [-0.3, -0.25) is 0 Å². The van der Waals surface area contributed by atoms with Crippen LogP contribution in [0.15, 0.2) is 28.7 Å². The molecule has 0 saturated carbocycles. The average Bonchev–Trinajstić information content (AvgIpc) is 2.02. The van der Waals surface area contributed by atoms with Gasteiger partial charge >= 0.3 is 0 Å². The second-order valence-electron chi connectivity index (χ2n) is 4.40. The van der Waals surface area contributed by atoms with Gasteiger partial charge in [-0.25, -0.2) is 0 Å². The standard InChI is InChI=1S/C11H16BrN/c1-11(2,3)13-8-9-4-6-10(12)7-5-9/h4-7,13H,8H2,1-3H3/p+1. The zero-order chi connectivity index (χ0) is 9.90. The van der Waals surface area contributed by atoms with Crippen molar-refractivity contribution in [3.63, 3.8) is 0 Å². The molecule has 0 spiro atoms. The van der Waals surface area contributed by atoms with E-state index in [1.165, 1.54) is 5.56 Å². The molecular formula is C11H17BrN+. The van der Waals surface area contributed by atoms with E-state index in [-0.39, 0.29) is 0 Å². The van der Waals surface area contributed by atoms with Gasteiger partial charge in [-0.05, 0) is 32.9 Å². The van der Waals surface area contributed by atoms with E-state index in [4.69, 9.17) is 0 Å². The maximum Gasteiger partial charge on any atom is 0.102 e. The third kappa shape index (κ3) is 4.44. The van der Waals surface area contributed by atoms with Crippen molar-refractivity contribution in [3.8, 4) is 0 Å². The molecule has 1 aromatic carbocycles. The summed E-state index contributed by atoms with van der Waals surface area (Å²) in [6, 6.07) is 8.50. The highest BCUT2D eigenvalue weighted by Crippen LogP contribution is 2.09. The third-order valence-corrected chi connectivity index (χ3v) is 2.39. The second kappa shape index (κ2) is 4.25. The molecule has 0 unspecified atom stereocenters. The zero-order valence-electron chi connectivity index (χ0n) is 8.47. The summed E-state index contributed by atoms with van der Waals surface area (Å²) >= 11 is 3.43. The number of hydrogen-bond donors (Lipinski definition) is 1. The van der Waals surface area contributed by atoms with E-state index in [0.29, 0.717) is 5.54 Å². The van der Waals surface area contributed by atoms with Crippen molar-refractivity contribution in [2.45, 2.75) is 32.9 Å². The van der Waals surface area contributed by atoms with Crippen LogP contribution in [0, 0.1) is 0 Å². The molecule has 1 rings (SSSR count). The van der Waals surface area contributed by atoms with E-state index in [1.54, 1.807) is 0 Å². The fourth-order valence-electron chi connectivity index (χ4n) is 1.04. The molecule has 0 aliphatic carbocycles. The van der Waals surface area contributed by atoms with Crippen molar-refractivity contribution in [1.82, 2.24) is 0 Å². The van der Waals surface area contributed by atoms with Crippen molar-refractivity contribution < 1.29 is 5.32 Å². The van der Waals surface area contributed by atoms with Crippen LogP contribution in [0.3, 0.4) is 0 Å². The quantitative estimate of drug-likeness (QED) is 0.820. The average molecular weight is 243 g/mol. The van der Waals surface area contributed by atoms with Crippen LogP contribution >= 0.6 is 15.9 Å². The molecule has 72 valence electrons. The first-order valence-corrected chi connectivity index (χ1v) is 5.35. The lowest BCUT2D eigenvalue weighted by atomic mass is 10.1. The summed E-state index contributed by atoms with van der Waals surface area (Å²) in [6.07, 6.45) is 0. The van der Waals surface area contributed by atoms with Crippen LogP contribution in [0.2, 0.25) is 0 Å². The smallest absolute Gasteiger partial charge is 0.102 e. The Morgan fingerprint density at radius 1 is 1.15 bits per heavy atom. The molecule has 0 aliphatic rings. The van der Waals surface area contributed by atoms with E-state index in [9.17, 15) is 0 Å². The Balaban J connectivity index is 2.51. The Kier molecular flexibility index (Phi) is 3.51. The Labute approximate surface area is 88.7 Å². The number of hydrogen-bond acceptors (Lipinski definition) is 0. The molecule has 0 amide bonds. The summed E-state index contributed by atoms with van der Waals surface area (Å²) in [5.74, 6) is 0. The summed E-state index contributed by atoms with van der Waals surface area (Å²) in [4.78, 5) is 0. The molecule has 0 radical (unpaired) electrons. The van der Waals surface area contributed by atoms with Crippen molar-refractivity contribution in [2.75, 3.05) is 0 Å². The Morgan fingerprint density at radius 3 is 2.15 bits per heavy atom. The lowest BCUT2D eigenvalue weighted by molar-refractivity contribution is -0.731. The summed E-state index contributed by atoms with van der Waals surface area (Å²) in [5, 5.41) is 2.34. The Hall–Kier alpha value is -0.340. The number of quaternary nitrogens is 1. The summed E-state index contributed by atoms with van der Waals surface area (Å²) in [5.41, 5.74) is 1.69. The predicted molar refractivity (Wildman–Crippen MR) is 59.5 cm³/mol. The van der Waals surface area contributed by atoms with Crippen LogP contribution in [0.5, 0.6) is 0 Å². The van der Waals surface area contributed by atoms with Gasteiger partial charge in [0.05, 0.1) is 5.54 Å². The van der Waals surface area contributed by atoms with Crippen LogP contribution in [0.25, 0.3) is 0 Å². The predicted octanol–water partition coefficient (Wildman–Crippen LogP) is 2.31. The van der Waals surface area contributed by atoms with Crippen molar-refractivity contribution >= 4 is 15.9 Å². The first-order valence-electron chi connectivity index (χ1n) is 4.56. The minimum absolute atomic E-state index is 0.313. The lowest BCUT2D eigenvalue weighted by Crippen LogP contribution is -2.92. The van der Waals surface area contributed by atoms with Crippen LogP contribution in [-0.4, -0.2) is 5.54 Å². The van der Waals surface area contributed by atoms with E-state index in [0.717, 1.165) is 11.0 Å². The zero-order valence-corrected chi connectivity index (χ0v) is 10.1. The SMILES string of the molecule is CC(C)(C)[NH2+]Cc1ccc(Br)cc1. The van der Waals surface area contributed by atoms with E-state index >= 15 is 0 Å². The summed E-state index contributed by atoms with van der Waals surface area (Å²) in [6.45, 7) is 7.74. The highest BCUT2D eigenvalue weighted by atomic mass is 79.9. The van der Waals surface area contributed by atoms with Gasteiger partial charge in [0, 0.05) is 10.0 Å². The molecular weight excluding hydrogens is 226 g/mol. The largest absolute Gasteiger partial charge is 0.338 e. The molecule has 1 aromatic rings. The van der Waals surface area contributed by atoms with Crippen molar-refractivity contribution in [2.24, 2.45) is 0 Å². The molecule has 0 aromatic heterocycles. The van der Waals surface area contributed by atoms with Gasteiger partial charge < -0.3 is 5.32 Å². The first-order chi connectivity index (χ1) is 5.97. The third-order valence-electron chi connectivity index (χ3n) is 1.86. The molecule has 0 heterocycles. The normalized spacial score (nSPS) is 11.7. The fraction of sp³-hybridized carbons (Fsp3) is 0.455. The van der Waals surface area contributed by atoms with E-state index in [1.807, 2.05) is 0 Å². The Bertz CT molecular complexity index is 258. The van der Waals surface area contributed by atoms with Crippen molar-refractivity contribution in [3.05, 3.63) is 34.3 Å². The van der Waals surface area contributed by atoms with Gasteiger partial charge in [0.2, 0.25) is 0 Å². The van der Waals surface area contributed by atoms with Gasteiger partial charge in [-0.1, -0.05) is 28.1 Å². The van der Waals surface area contributed by atoms with Crippen LogP contribution in [-0.2, 0) is 6.54 Å². The number of rotatable bonds is 2. The highest BCUT2D eigenvalue weighted by molar-refractivity contribution is 9.10. The van der Waals surface area contributed by atoms with Gasteiger partial charge in [0.25, 0.3) is 0 Å². The fourth-order valence-corrected chi connectivity index (χ4v) is 1.31.